The van der Waals surface area contributed by atoms with Gasteiger partial charge in [0.1, 0.15) is 23.1 Å². The standard InChI is InChI=1S/C31H30ClN5O3S/c32-31-35-28(33)25-29(36-31)37(20-34-25)30-27(40-18-23-14-8-3-9-15-23)26(39-17-22-12-6-2-7-13-22)24(41-30)19-38-16-21-10-4-1-5-11-21/h1-15,20,24,26-27,30H,16-19H2,(H2,33,35,36)/t24-,26-,27+,30+/m1/s1. The van der Waals surface area contributed by atoms with Gasteiger partial charge < -0.3 is 19.9 Å². The molecule has 3 aromatic carbocycles. The maximum atomic E-state index is 6.67. The van der Waals surface area contributed by atoms with Crippen molar-refractivity contribution in [3.05, 3.63) is 119 Å². The predicted octanol–water partition coefficient (Wildman–Crippen LogP) is 6.06. The van der Waals surface area contributed by atoms with Crippen LogP contribution < -0.4 is 5.73 Å². The minimum absolute atomic E-state index is 0.0275. The molecule has 1 fully saturated rings. The Balaban J connectivity index is 1.31. The summed E-state index contributed by atoms with van der Waals surface area (Å²) in [5, 5.41) is -0.179. The largest absolute Gasteiger partial charge is 0.382 e. The lowest BCUT2D eigenvalue weighted by atomic mass is 10.1. The van der Waals surface area contributed by atoms with Gasteiger partial charge in [-0.15, -0.1) is 11.8 Å². The van der Waals surface area contributed by atoms with Gasteiger partial charge in [0.05, 0.1) is 38.0 Å². The summed E-state index contributed by atoms with van der Waals surface area (Å²) in [6, 6.07) is 30.4. The molecule has 10 heteroatoms. The van der Waals surface area contributed by atoms with E-state index < -0.39 is 0 Å². The summed E-state index contributed by atoms with van der Waals surface area (Å²) in [4.78, 5) is 13.1. The Morgan fingerprint density at radius 1 is 0.756 bits per heavy atom. The highest BCUT2D eigenvalue weighted by molar-refractivity contribution is 8.00. The quantitative estimate of drug-likeness (QED) is 0.186. The molecule has 2 N–H and O–H groups in total. The minimum atomic E-state index is -0.346. The van der Waals surface area contributed by atoms with Crippen molar-refractivity contribution in [3.8, 4) is 0 Å². The van der Waals surface area contributed by atoms with Crippen LogP contribution in [0.15, 0.2) is 97.3 Å². The van der Waals surface area contributed by atoms with Crippen molar-refractivity contribution in [2.75, 3.05) is 12.3 Å². The number of nitrogens with two attached hydrogens (primary N) is 1. The molecule has 1 aliphatic heterocycles. The van der Waals surface area contributed by atoms with Gasteiger partial charge in [-0.25, -0.2) is 4.98 Å². The Morgan fingerprint density at radius 3 is 1.93 bits per heavy atom. The van der Waals surface area contributed by atoms with E-state index in [-0.39, 0.29) is 33.9 Å². The van der Waals surface area contributed by atoms with Crippen molar-refractivity contribution >= 4 is 40.3 Å². The van der Waals surface area contributed by atoms with Gasteiger partial charge in [-0.1, -0.05) is 91.0 Å². The first-order chi connectivity index (χ1) is 20.2. The van der Waals surface area contributed by atoms with Gasteiger partial charge in [-0.05, 0) is 28.3 Å². The normalized spacial score (nSPS) is 20.5. The predicted molar refractivity (Wildman–Crippen MR) is 161 cm³/mol. The summed E-state index contributed by atoms with van der Waals surface area (Å²) in [7, 11) is 0. The third-order valence-corrected chi connectivity index (χ3v) is 8.64. The summed E-state index contributed by atoms with van der Waals surface area (Å²) >= 11 is 7.93. The van der Waals surface area contributed by atoms with E-state index in [0.717, 1.165) is 16.7 Å². The average molecular weight is 588 g/mol. The van der Waals surface area contributed by atoms with Gasteiger partial charge in [0.15, 0.2) is 11.5 Å². The van der Waals surface area contributed by atoms with Crippen LogP contribution in [-0.4, -0.2) is 43.6 Å². The molecule has 0 aliphatic carbocycles. The Bertz CT molecular complexity index is 1560. The monoisotopic (exact) mass is 587 g/mol. The van der Waals surface area contributed by atoms with Crippen LogP contribution in [0, 0.1) is 0 Å². The van der Waals surface area contributed by atoms with Crippen LogP contribution in [0.3, 0.4) is 0 Å². The molecule has 4 atom stereocenters. The molecule has 0 bridgehead atoms. The number of nitrogens with zero attached hydrogens (tertiary/aromatic N) is 4. The molecule has 2 aromatic heterocycles. The molecule has 0 saturated carbocycles. The molecule has 210 valence electrons. The number of thioether (sulfide) groups is 1. The zero-order chi connectivity index (χ0) is 28.0. The lowest BCUT2D eigenvalue weighted by molar-refractivity contribution is -0.0913. The third-order valence-electron chi connectivity index (χ3n) is 6.94. The molecule has 0 amide bonds. The van der Waals surface area contributed by atoms with E-state index in [1.54, 1.807) is 18.1 Å². The van der Waals surface area contributed by atoms with Crippen LogP contribution in [0.25, 0.3) is 11.2 Å². The molecule has 8 nitrogen and oxygen atoms in total. The zero-order valence-electron chi connectivity index (χ0n) is 22.3. The number of hydrogen-bond acceptors (Lipinski definition) is 8. The van der Waals surface area contributed by atoms with Crippen molar-refractivity contribution in [1.29, 1.82) is 0 Å². The lowest BCUT2D eigenvalue weighted by Crippen LogP contribution is -2.38. The molecule has 0 radical (unpaired) electrons. The van der Waals surface area contributed by atoms with Crippen LogP contribution >= 0.6 is 23.4 Å². The van der Waals surface area contributed by atoms with Gasteiger partial charge in [0.25, 0.3) is 0 Å². The fraction of sp³-hybridized carbons (Fsp3) is 0.258. The van der Waals surface area contributed by atoms with Crippen molar-refractivity contribution < 1.29 is 14.2 Å². The van der Waals surface area contributed by atoms with Gasteiger partial charge >= 0.3 is 0 Å². The number of hydrogen-bond donors (Lipinski definition) is 1. The molecule has 41 heavy (non-hydrogen) atoms. The number of rotatable bonds is 11. The van der Waals surface area contributed by atoms with Crippen molar-refractivity contribution in [2.45, 2.75) is 42.7 Å². The Hall–Kier alpha value is -3.47. The van der Waals surface area contributed by atoms with Gasteiger partial charge in [0.2, 0.25) is 5.28 Å². The first-order valence-corrected chi connectivity index (χ1v) is 14.7. The zero-order valence-corrected chi connectivity index (χ0v) is 23.8. The molecule has 0 spiro atoms. The van der Waals surface area contributed by atoms with Gasteiger partial charge in [0, 0.05) is 0 Å². The van der Waals surface area contributed by atoms with E-state index in [9.17, 15) is 0 Å². The number of anilines is 1. The van der Waals surface area contributed by atoms with Crippen LogP contribution in [0.4, 0.5) is 5.82 Å². The maximum Gasteiger partial charge on any atom is 0.226 e. The van der Waals surface area contributed by atoms with Crippen molar-refractivity contribution in [3.63, 3.8) is 0 Å². The van der Waals surface area contributed by atoms with E-state index >= 15 is 0 Å². The molecular weight excluding hydrogens is 558 g/mol. The molecule has 3 heterocycles. The van der Waals surface area contributed by atoms with E-state index in [1.165, 1.54) is 0 Å². The number of fused-ring (bicyclic) bond motifs is 1. The highest BCUT2D eigenvalue weighted by Crippen LogP contribution is 2.47. The van der Waals surface area contributed by atoms with E-state index in [0.29, 0.717) is 37.6 Å². The fourth-order valence-electron chi connectivity index (χ4n) is 4.94. The molecule has 5 aromatic rings. The molecule has 1 saturated heterocycles. The van der Waals surface area contributed by atoms with E-state index in [2.05, 4.69) is 51.4 Å². The lowest BCUT2D eigenvalue weighted by Gasteiger charge is -2.27. The van der Waals surface area contributed by atoms with Crippen molar-refractivity contribution in [1.82, 2.24) is 19.5 Å². The number of aromatic nitrogens is 4. The van der Waals surface area contributed by atoms with E-state index in [4.69, 9.17) is 31.5 Å². The highest BCUT2D eigenvalue weighted by atomic mass is 35.5. The van der Waals surface area contributed by atoms with E-state index in [1.807, 2.05) is 59.2 Å². The molecular formula is C31H30ClN5O3S. The molecule has 6 rings (SSSR count). The second kappa shape index (κ2) is 13.0. The van der Waals surface area contributed by atoms with Crippen LogP contribution in [-0.2, 0) is 34.0 Å². The number of benzene rings is 3. The van der Waals surface area contributed by atoms with Crippen molar-refractivity contribution in [2.24, 2.45) is 0 Å². The second-order valence-corrected chi connectivity index (χ2v) is 11.5. The summed E-state index contributed by atoms with van der Waals surface area (Å²) in [6.45, 7) is 1.86. The second-order valence-electron chi connectivity index (χ2n) is 9.79. The van der Waals surface area contributed by atoms with Crippen LogP contribution in [0.2, 0.25) is 5.28 Å². The highest BCUT2D eigenvalue weighted by Gasteiger charge is 2.47. The van der Waals surface area contributed by atoms with Crippen LogP contribution in [0.5, 0.6) is 0 Å². The summed E-state index contributed by atoms with van der Waals surface area (Å²) < 4.78 is 21.5. The first kappa shape index (κ1) is 27.7. The van der Waals surface area contributed by atoms with Gasteiger partial charge in [-0.2, -0.15) is 9.97 Å². The number of imidazole rings is 1. The molecule has 0 unspecified atom stereocenters. The fourth-order valence-corrected chi connectivity index (χ4v) is 6.71. The topological polar surface area (TPSA) is 97.3 Å². The average Bonchev–Trinajstić information content (AvgIpc) is 3.57. The first-order valence-electron chi connectivity index (χ1n) is 13.4. The SMILES string of the molecule is Nc1nc(Cl)nc2c1ncn2[C@H]1S[C@H](COCc2ccccc2)[C@@H](OCc2ccccc2)[C@@H]1OCc1ccccc1. The third kappa shape index (κ3) is 6.55. The summed E-state index contributed by atoms with van der Waals surface area (Å²) in [5.74, 6) is 0.239. The van der Waals surface area contributed by atoms with Gasteiger partial charge in [-0.3, -0.25) is 4.57 Å². The molecule has 1 aliphatic rings. The number of nitrogen functional groups attached to an aromatic ring is 1. The summed E-state index contributed by atoms with van der Waals surface area (Å²) in [5.41, 5.74) is 10.5. The minimum Gasteiger partial charge on any atom is -0.382 e. The number of ether oxygens (including phenoxy) is 3. The maximum absolute atomic E-state index is 6.67. The Morgan fingerprint density at radius 2 is 1.32 bits per heavy atom. The Labute approximate surface area is 247 Å². The van der Waals surface area contributed by atoms with Crippen LogP contribution in [0.1, 0.15) is 22.1 Å². The Kier molecular flexibility index (Phi) is 8.79. The summed E-state index contributed by atoms with van der Waals surface area (Å²) in [6.07, 6.45) is 1.10. The smallest absolute Gasteiger partial charge is 0.226 e. The number of halogens is 1.